The molecule has 11 aromatic heterocycles. The zero-order chi connectivity index (χ0) is 94.6. The van der Waals surface area contributed by atoms with E-state index in [0.29, 0.717) is 41.1 Å². The van der Waals surface area contributed by atoms with Crippen molar-refractivity contribution in [1.29, 1.82) is 0 Å². The zero-order valence-electron chi connectivity index (χ0n) is 77.1. The van der Waals surface area contributed by atoms with Crippen LogP contribution in [0.3, 0.4) is 0 Å². The smallest absolute Gasteiger partial charge is 0.238 e. The van der Waals surface area contributed by atoms with Gasteiger partial charge in [0.15, 0.2) is 23.3 Å². The minimum absolute atomic E-state index is 0. The predicted octanol–water partition coefficient (Wildman–Crippen LogP) is 32.7. The third kappa shape index (κ3) is 13.4. The van der Waals surface area contributed by atoms with Crippen LogP contribution in [0.4, 0.5) is 0 Å². The summed E-state index contributed by atoms with van der Waals surface area (Å²) in [6, 6.07) is 164. The Balaban J connectivity index is 0.000000105. The van der Waals surface area contributed by atoms with Crippen molar-refractivity contribution in [2.45, 2.75) is 7.43 Å². The maximum Gasteiger partial charge on any atom is 0.238 e. The van der Waals surface area contributed by atoms with Gasteiger partial charge in [-0.05, 0) is 133 Å². The molecule has 11 heterocycles. The number of hydrogen-bond donors (Lipinski definition) is 0. The molecule has 0 N–H and O–H groups in total. The molecular formula is C129H82N14O2. The highest BCUT2D eigenvalue weighted by Crippen LogP contribution is 2.48. The van der Waals surface area contributed by atoms with E-state index in [4.69, 9.17) is 48.7 Å². The van der Waals surface area contributed by atoms with Crippen molar-refractivity contribution < 1.29 is 8.83 Å². The number of nitrogens with zero attached hydrogens (tertiary/aromatic N) is 14. The Labute approximate surface area is 828 Å². The van der Waals surface area contributed by atoms with E-state index in [9.17, 15) is 0 Å². The van der Waals surface area contributed by atoms with E-state index < -0.39 is 0 Å². The van der Waals surface area contributed by atoms with Crippen molar-refractivity contribution in [2.24, 2.45) is 0 Å². The van der Waals surface area contributed by atoms with E-state index in [-0.39, 0.29) is 7.43 Å². The summed E-state index contributed by atoms with van der Waals surface area (Å²) in [7, 11) is 0. The van der Waals surface area contributed by atoms with Gasteiger partial charge in [0.25, 0.3) is 0 Å². The van der Waals surface area contributed by atoms with Crippen molar-refractivity contribution in [1.82, 2.24) is 67.3 Å². The first-order chi connectivity index (χ1) is 71.5. The molecule has 0 saturated heterocycles. The summed E-state index contributed by atoms with van der Waals surface area (Å²) < 4.78 is 26.4. The number of benzene rings is 20. The van der Waals surface area contributed by atoms with Gasteiger partial charge in [-0.2, -0.15) is 19.9 Å². The summed E-state index contributed by atoms with van der Waals surface area (Å²) in [5, 5.41) is 19.3. The van der Waals surface area contributed by atoms with Crippen LogP contribution in [0.2, 0.25) is 0 Å². The normalized spacial score (nSPS) is 11.8. The molecule has 680 valence electrons. The number of aromatic nitrogens is 14. The Kier molecular flexibility index (Phi) is 19.4. The molecule has 0 bridgehead atoms. The largest absolute Gasteiger partial charge is 0.456 e. The van der Waals surface area contributed by atoms with Crippen LogP contribution in [-0.2, 0) is 0 Å². The van der Waals surface area contributed by atoms with Crippen LogP contribution in [0.25, 0.3) is 277 Å². The molecule has 145 heavy (non-hydrogen) atoms. The summed E-state index contributed by atoms with van der Waals surface area (Å²) >= 11 is 0. The van der Waals surface area contributed by atoms with Gasteiger partial charge < -0.3 is 22.5 Å². The highest BCUT2D eigenvalue weighted by atomic mass is 16.3. The Bertz CT molecular complexity index is 10600. The molecule has 0 radical (unpaired) electrons. The summed E-state index contributed by atoms with van der Waals surface area (Å²) in [5.41, 5.74) is 26.4. The van der Waals surface area contributed by atoms with Gasteiger partial charge >= 0.3 is 0 Å². The van der Waals surface area contributed by atoms with Gasteiger partial charge in [-0.15, -0.1) is 0 Å². The quantitative estimate of drug-likeness (QED) is 0.122. The van der Waals surface area contributed by atoms with E-state index >= 15 is 0 Å². The summed E-state index contributed by atoms with van der Waals surface area (Å²) in [4.78, 5) is 41.6. The number of para-hydroxylation sites is 12. The molecule has 0 spiro atoms. The molecule has 0 atom stereocenters. The van der Waals surface area contributed by atoms with Crippen molar-refractivity contribution in [3.05, 3.63) is 473 Å². The van der Waals surface area contributed by atoms with Gasteiger partial charge in [-0.1, -0.05) is 347 Å². The SMILES string of the molecule is C.c1ccc(-c2nc(-c3ccc4c(c3)oc3ccccc34)nc(-n3c4ccccc4c4ccc5c(c6ccccc6n5-c5ccccc5)c43)n2)cc1.c1ccc(-c2nc(-c3ccccc3)nc(-n3c4ccccc4c4ccc5c(c6ccccc6n5-c5ccccc5)c43)n2)cc1.c1ccc(-n2c3ccccc3c3c2ccc2c4ccccc4n(-c4nc(-c5ccc6c(c5)oc5ccccc56)c5ccccc5n4)c23)cc1. The number of hydrogen-bond acceptors (Lipinski definition) is 10. The zero-order valence-corrected chi connectivity index (χ0v) is 77.1. The van der Waals surface area contributed by atoms with Gasteiger partial charge in [0.2, 0.25) is 17.8 Å². The molecule has 0 aliphatic carbocycles. The Morgan fingerprint density at radius 3 is 0.786 bits per heavy atom. The lowest BCUT2D eigenvalue weighted by atomic mass is 10.0. The van der Waals surface area contributed by atoms with E-state index in [0.717, 1.165) is 204 Å². The summed E-state index contributed by atoms with van der Waals surface area (Å²) in [6.07, 6.45) is 0. The molecule has 20 aromatic carbocycles. The van der Waals surface area contributed by atoms with Crippen molar-refractivity contribution >= 4 is 186 Å². The van der Waals surface area contributed by atoms with E-state index in [2.05, 4.69) is 367 Å². The van der Waals surface area contributed by atoms with Crippen LogP contribution in [0.1, 0.15) is 7.43 Å². The van der Waals surface area contributed by atoms with E-state index in [1.165, 1.54) is 32.3 Å². The fourth-order valence-corrected chi connectivity index (χ4v) is 22.0. The summed E-state index contributed by atoms with van der Waals surface area (Å²) in [5.74, 6) is 4.23. The summed E-state index contributed by atoms with van der Waals surface area (Å²) in [6.45, 7) is 0. The lowest BCUT2D eigenvalue weighted by Gasteiger charge is -2.12. The van der Waals surface area contributed by atoms with Crippen LogP contribution in [0.5, 0.6) is 0 Å². The van der Waals surface area contributed by atoms with Crippen molar-refractivity contribution in [3.8, 4) is 91.7 Å². The van der Waals surface area contributed by atoms with Crippen molar-refractivity contribution in [3.63, 3.8) is 0 Å². The maximum atomic E-state index is 6.32. The lowest BCUT2D eigenvalue weighted by Crippen LogP contribution is -2.06. The molecule has 0 unspecified atom stereocenters. The van der Waals surface area contributed by atoms with Crippen LogP contribution < -0.4 is 0 Å². The molecule has 0 saturated carbocycles. The van der Waals surface area contributed by atoms with Gasteiger partial charge in [0.1, 0.15) is 22.3 Å². The minimum atomic E-state index is 0. The first kappa shape index (κ1) is 83.3. The fourth-order valence-electron chi connectivity index (χ4n) is 22.0. The second-order valence-corrected chi connectivity index (χ2v) is 36.4. The number of rotatable bonds is 11. The highest BCUT2D eigenvalue weighted by Gasteiger charge is 2.30. The highest BCUT2D eigenvalue weighted by molar-refractivity contribution is 6.29. The van der Waals surface area contributed by atoms with Gasteiger partial charge in [-0.25, -0.2) is 19.9 Å². The van der Waals surface area contributed by atoms with Crippen LogP contribution in [-0.4, -0.2) is 67.3 Å². The Hall–Kier alpha value is -19.8. The Morgan fingerprint density at radius 1 is 0.159 bits per heavy atom. The average Bonchev–Trinajstić information content (AvgIpc) is 1.55. The van der Waals surface area contributed by atoms with E-state index in [1.807, 2.05) is 133 Å². The average molecular weight is 1860 g/mol. The molecule has 16 heteroatoms. The van der Waals surface area contributed by atoms with Crippen LogP contribution >= 0.6 is 0 Å². The van der Waals surface area contributed by atoms with Gasteiger partial charge in [0.05, 0.1) is 77.4 Å². The molecule has 0 aliphatic heterocycles. The standard InChI is InChI=1S/C45H27N5O.C44H26N4O.C39H25N5.CH4/c1-3-13-28(14-4-1)43-46-44(29-23-24-33-32-18-9-12-22-39(32)51-40(33)27-29)48-45(47-43)50-36-20-10-7-17-31(36)34-25-26-38-41(42(34)50)35-19-8-11-21-37(35)49(38)30-15-5-2-6-16-30;1-2-12-28(13-3-1)47-37-20-10-6-17-34(37)41-38(47)25-24-32-29-14-5-9-19-36(29)48(43(32)41)44-45-35-18-8-4-16-33(35)42(46-44)27-22-23-31-30-15-7-11-21-39(30)49-40(31)26-27;1-4-14-26(15-5-1)37-40-38(27-16-6-2-7-17-27)42-39(41-37)44-32-22-12-10-20-29(32)30-24-25-34-35(36(30)44)31-21-11-13-23-33(31)43(34)28-18-8-3-9-19-28;/h1-27H;1-26H;1-25H;1H4. The second kappa shape index (κ2) is 33.8. The first-order valence-corrected chi connectivity index (χ1v) is 48.3. The molecule has 31 rings (SSSR count). The second-order valence-electron chi connectivity index (χ2n) is 36.4. The predicted molar refractivity (Wildman–Crippen MR) is 594 cm³/mol. The Morgan fingerprint density at radius 2 is 0.421 bits per heavy atom. The third-order valence-corrected chi connectivity index (χ3v) is 28.3. The topological polar surface area (TPSA) is 159 Å². The minimum Gasteiger partial charge on any atom is -0.456 e. The van der Waals surface area contributed by atoms with Crippen LogP contribution in [0, 0.1) is 0 Å². The van der Waals surface area contributed by atoms with E-state index in [1.54, 1.807) is 0 Å². The molecule has 0 fully saturated rings. The van der Waals surface area contributed by atoms with Crippen molar-refractivity contribution in [2.75, 3.05) is 0 Å². The monoisotopic (exact) mass is 1860 g/mol. The van der Waals surface area contributed by atoms with Gasteiger partial charge in [0, 0.05) is 136 Å². The number of furan rings is 2. The fraction of sp³-hybridized carbons (Fsp3) is 0.00775. The molecule has 0 amide bonds. The molecule has 16 nitrogen and oxygen atoms in total. The first-order valence-electron chi connectivity index (χ1n) is 48.3. The molecular weight excluding hydrogens is 1780 g/mol. The van der Waals surface area contributed by atoms with Gasteiger partial charge in [-0.3, -0.25) is 13.7 Å². The number of fused-ring (bicyclic) bond motifs is 28. The lowest BCUT2D eigenvalue weighted by molar-refractivity contribution is 0.668. The molecule has 31 aromatic rings. The molecule has 0 aliphatic rings. The maximum absolute atomic E-state index is 6.32. The van der Waals surface area contributed by atoms with Crippen LogP contribution in [0.15, 0.2) is 482 Å². The third-order valence-electron chi connectivity index (χ3n) is 28.3.